The van der Waals surface area contributed by atoms with Crippen molar-refractivity contribution in [1.82, 2.24) is 9.99 Å². The Hall–Kier alpha value is -2.22. The maximum absolute atomic E-state index is 11.8. The zero-order valence-corrected chi connectivity index (χ0v) is 11.0. The lowest BCUT2D eigenvalue weighted by molar-refractivity contribution is -0.386. The van der Waals surface area contributed by atoms with Gasteiger partial charge in [0.15, 0.2) is 0 Å². The number of aromatic nitrogens is 1. The van der Waals surface area contributed by atoms with Gasteiger partial charge in [-0.3, -0.25) is 25.1 Å². The number of rotatable bonds is 4. The van der Waals surface area contributed by atoms with E-state index in [0.29, 0.717) is 0 Å². The van der Waals surface area contributed by atoms with Crippen molar-refractivity contribution in [2.75, 3.05) is 0 Å². The van der Waals surface area contributed by atoms with Crippen LogP contribution in [-0.4, -0.2) is 15.4 Å². The molecule has 0 radical (unpaired) electrons. The van der Waals surface area contributed by atoms with Crippen LogP contribution in [0.15, 0.2) is 17.1 Å². The molecule has 19 heavy (non-hydrogen) atoms. The molecule has 0 aliphatic carbocycles. The summed E-state index contributed by atoms with van der Waals surface area (Å²) in [4.78, 5) is 33.6. The fourth-order valence-electron chi connectivity index (χ4n) is 1.66. The van der Waals surface area contributed by atoms with Crippen molar-refractivity contribution in [1.29, 1.82) is 0 Å². The molecule has 0 saturated carbocycles. The molecule has 8 nitrogen and oxygen atoms in total. The maximum Gasteiger partial charge on any atom is 0.288 e. The summed E-state index contributed by atoms with van der Waals surface area (Å²) >= 11 is 0. The van der Waals surface area contributed by atoms with E-state index in [9.17, 15) is 19.7 Å². The first-order chi connectivity index (χ1) is 8.69. The lowest BCUT2D eigenvalue weighted by Crippen LogP contribution is -2.44. The van der Waals surface area contributed by atoms with Gasteiger partial charge < -0.3 is 4.57 Å². The number of nitrogens with one attached hydrogen (secondary N) is 1. The molecule has 0 aromatic carbocycles. The number of hydrazine groups is 1. The summed E-state index contributed by atoms with van der Waals surface area (Å²) in [6, 6.07) is 1.18. The van der Waals surface area contributed by atoms with Crippen molar-refractivity contribution in [2.24, 2.45) is 11.3 Å². The second kappa shape index (κ2) is 5.19. The molecule has 0 saturated heterocycles. The van der Waals surface area contributed by atoms with Gasteiger partial charge in [0.1, 0.15) is 0 Å². The topological polar surface area (TPSA) is 120 Å². The van der Waals surface area contributed by atoms with Crippen LogP contribution in [0.25, 0.3) is 0 Å². The second-order valence-corrected chi connectivity index (χ2v) is 4.92. The van der Waals surface area contributed by atoms with Crippen LogP contribution in [-0.2, 0) is 11.3 Å². The maximum atomic E-state index is 11.8. The third-order valence-corrected chi connectivity index (χ3v) is 2.81. The van der Waals surface area contributed by atoms with Crippen LogP contribution in [0, 0.1) is 22.5 Å². The predicted octanol–water partition coefficient (Wildman–Crippen LogP) is 0.0810. The smallest absolute Gasteiger partial charge is 0.288 e. The second-order valence-electron chi connectivity index (χ2n) is 4.92. The Balaban J connectivity index is 3.22. The highest BCUT2D eigenvalue weighted by atomic mass is 16.6. The molecular weight excluding hydrogens is 252 g/mol. The van der Waals surface area contributed by atoms with E-state index in [-0.39, 0.29) is 17.8 Å². The van der Waals surface area contributed by atoms with E-state index in [1.54, 1.807) is 13.8 Å². The fourth-order valence-corrected chi connectivity index (χ4v) is 1.66. The molecule has 0 aliphatic heterocycles. The number of pyridine rings is 1. The number of nitrogens with two attached hydrogens (primary N) is 1. The van der Waals surface area contributed by atoms with Crippen molar-refractivity contribution in [3.8, 4) is 0 Å². The van der Waals surface area contributed by atoms with Crippen molar-refractivity contribution < 1.29 is 9.72 Å². The third kappa shape index (κ3) is 3.16. The van der Waals surface area contributed by atoms with Crippen LogP contribution in [0.2, 0.25) is 0 Å². The SMILES string of the molecule is Cc1cc(=O)n(CC(C)(C)C(=O)NN)cc1[N+](=O)[O-]. The summed E-state index contributed by atoms with van der Waals surface area (Å²) in [5, 5.41) is 10.8. The number of nitro groups is 1. The van der Waals surface area contributed by atoms with Crippen molar-refractivity contribution in [2.45, 2.75) is 27.3 Å². The summed E-state index contributed by atoms with van der Waals surface area (Å²) in [5.74, 6) is 4.60. The normalized spacial score (nSPS) is 11.2. The Labute approximate surface area is 109 Å². The molecule has 0 fully saturated rings. The van der Waals surface area contributed by atoms with Gasteiger partial charge >= 0.3 is 0 Å². The molecule has 0 unspecified atom stereocenters. The van der Waals surface area contributed by atoms with E-state index >= 15 is 0 Å². The van der Waals surface area contributed by atoms with Gasteiger partial charge in [-0.25, -0.2) is 5.84 Å². The van der Waals surface area contributed by atoms with E-state index in [1.807, 2.05) is 5.43 Å². The number of carbonyl (C=O) groups excluding carboxylic acids is 1. The quantitative estimate of drug-likeness (QED) is 0.347. The third-order valence-electron chi connectivity index (χ3n) is 2.81. The molecule has 0 atom stereocenters. The minimum absolute atomic E-state index is 0.00398. The number of amides is 1. The van der Waals surface area contributed by atoms with E-state index < -0.39 is 21.8 Å². The molecule has 1 rings (SSSR count). The van der Waals surface area contributed by atoms with Gasteiger partial charge in [-0.05, 0) is 20.8 Å². The van der Waals surface area contributed by atoms with Gasteiger partial charge in [0, 0.05) is 18.2 Å². The zero-order valence-electron chi connectivity index (χ0n) is 11.0. The van der Waals surface area contributed by atoms with Gasteiger partial charge in [-0.1, -0.05) is 0 Å². The van der Waals surface area contributed by atoms with Crippen LogP contribution in [0.1, 0.15) is 19.4 Å². The van der Waals surface area contributed by atoms with Crippen LogP contribution in [0.3, 0.4) is 0 Å². The molecule has 1 amide bonds. The van der Waals surface area contributed by atoms with Crippen LogP contribution in [0.5, 0.6) is 0 Å². The van der Waals surface area contributed by atoms with Crippen LogP contribution < -0.4 is 16.8 Å². The lowest BCUT2D eigenvalue weighted by Gasteiger charge is -2.23. The van der Waals surface area contributed by atoms with Gasteiger partial charge in [0.25, 0.3) is 11.2 Å². The van der Waals surface area contributed by atoms with Crippen molar-refractivity contribution in [3.63, 3.8) is 0 Å². The molecule has 1 heterocycles. The molecule has 8 heteroatoms. The summed E-state index contributed by atoms with van der Waals surface area (Å²) in [5.41, 5.74) is 0.768. The van der Waals surface area contributed by atoms with Crippen molar-refractivity contribution in [3.05, 3.63) is 38.3 Å². The summed E-state index contributed by atoms with van der Waals surface area (Å²) in [6.07, 6.45) is 1.14. The molecule has 0 bridgehead atoms. The Morgan fingerprint density at radius 2 is 2.16 bits per heavy atom. The monoisotopic (exact) mass is 268 g/mol. The van der Waals surface area contributed by atoms with Crippen LogP contribution >= 0.6 is 0 Å². The van der Waals surface area contributed by atoms with Crippen LogP contribution in [0.4, 0.5) is 5.69 Å². The average Bonchev–Trinajstić information content (AvgIpc) is 2.30. The Morgan fingerprint density at radius 3 is 2.63 bits per heavy atom. The number of aryl methyl sites for hydroxylation is 1. The Kier molecular flexibility index (Phi) is 4.05. The lowest BCUT2D eigenvalue weighted by atomic mass is 9.92. The van der Waals surface area contributed by atoms with E-state index in [0.717, 1.165) is 10.8 Å². The first kappa shape index (κ1) is 14.8. The molecule has 104 valence electrons. The number of hydrogen-bond acceptors (Lipinski definition) is 5. The Bertz CT molecular complexity index is 577. The standard InChI is InChI=1S/C11H16N4O4/c1-7-4-9(16)14(5-8(7)15(18)19)6-11(2,3)10(17)13-12/h4-5H,6,12H2,1-3H3,(H,13,17). The molecule has 1 aromatic rings. The van der Waals surface area contributed by atoms with E-state index in [4.69, 9.17) is 5.84 Å². The molecule has 3 N–H and O–H groups in total. The number of nitrogens with zero attached hydrogens (tertiary/aromatic N) is 2. The predicted molar refractivity (Wildman–Crippen MR) is 68.2 cm³/mol. The average molecular weight is 268 g/mol. The molecule has 0 spiro atoms. The summed E-state index contributed by atoms with van der Waals surface area (Å²) in [6.45, 7) is 4.66. The summed E-state index contributed by atoms with van der Waals surface area (Å²) in [7, 11) is 0. The van der Waals surface area contributed by atoms with Gasteiger partial charge in [0.05, 0.1) is 16.5 Å². The van der Waals surface area contributed by atoms with Gasteiger partial charge in [-0.15, -0.1) is 0 Å². The zero-order chi connectivity index (χ0) is 14.8. The van der Waals surface area contributed by atoms with Crippen molar-refractivity contribution >= 4 is 11.6 Å². The van der Waals surface area contributed by atoms with Gasteiger partial charge in [0.2, 0.25) is 5.91 Å². The van der Waals surface area contributed by atoms with E-state index in [2.05, 4.69) is 0 Å². The van der Waals surface area contributed by atoms with Gasteiger partial charge in [-0.2, -0.15) is 0 Å². The fraction of sp³-hybridized carbons (Fsp3) is 0.455. The molecule has 1 aromatic heterocycles. The summed E-state index contributed by atoms with van der Waals surface area (Å²) < 4.78 is 1.14. The molecular formula is C11H16N4O4. The first-order valence-corrected chi connectivity index (χ1v) is 5.55. The minimum atomic E-state index is -0.957. The number of hydrogen-bond donors (Lipinski definition) is 2. The first-order valence-electron chi connectivity index (χ1n) is 5.55. The highest BCUT2D eigenvalue weighted by Crippen LogP contribution is 2.20. The molecule has 0 aliphatic rings. The largest absolute Gasteiger partial charge is 0.308 e. The number of carbonyl (C=O) groups is 1. The van der Waals surface area contributed by atoms with E-state index in [1.165, 1.54) is 13.0 Å². The highest BCUT2D eigenvalue weighted by molar-refractivity contribution is 5.81. The minimum Gasteiger partial charge on any atom is -0.308 e. The Morgan fingerprint density at radius 1 is 1.58 bits per heavy atom. The highest BCUT2D eigenvalue weighted by Gasteiger charge is 2.28.